The van der Waals surface area contributed by atoms with E-state index >= 15 is 0 Å². The van der Waals surface area contributed by atoms with Crippen molar-refractivity contribution in [2.24, 2.45) is 5.92 Å². The average molecular weight is 356 g/mol. The van der Waals surface area contributed by atoms with Crippen LogP contribution < -0.4 is 0 Å². The summed E-state index contributed by atoms with van der Waals surface area (Å²) in [5, 5.41) is 0.734. The lowest BCUT2D eigenvalue weighted by molar-refractivity contribution is -0.131. The third-order valence-electron chi connectivity index (χ3n) is 5.20. The highest BCUT2D eigenvalue weighted by atomic mass is 35.5. The number of fused-ring (bicyclic) bond motifs is 1. The maximum absolute atomic E-state index is 13.1. The molecule has 132 valence electrons. The van der Waals surface area contributed by atoms with Gasteiger partial charge in [0.2, 0.25) is 5.91 Å². The number of aryl methyl sites for hydroxylation is 1. The fourth-order valence-electron chi connectivity index (χ4n) is 3.97. The van der Waals surface area contributed by atoms with E-state index in [9.17, 15) is 4.79 Å². The van der Waals surface area contributed by atoms with Crippen molar-refractivity contribution >= 4 is 17.5 Å². The minimum absolute atomic E-state index is 0.0914. The van der Waals surface area contributed by atoms with Gasteiger partial charge in [0.05, 0.1) is 5.92 Å². The molecule has 3 rings (SSSR count). The van der Waals surface area contributed by atoms with Crippen LogP contribution in [0.1, 0.15) is 54.4 Å². The first-order chi connectivity index (χ1) is 11.9. The number of hydrogen-bond acceptors (Lipinski definition) is 1. The molecule has 0 saturated carbocycles. The second kappa shape index (κ2) is 7.21. The van der Waals surface area contributed by atoms with E-state index in [2.05, 4.69) is 57.2 Å². The molecule has 0 bridgehead atoms. The molecular formula is C22H26ClNO. The van der Waals surface area contributed by atoms with Crippen molar-refractivity contribution in [3.63, 3.8) is 0 Å². The molecule has 2 unspecified atom stereocenters. The number of carbonyl (C=O) groups is 1. The molecule has 2 nitrogen and oxygen atoms in total. The molecule has 2 atom stereocenters. The Hall–Kier alpha value is -1.80. The number of benzene rings is 2. The molecule has 2 aromatic rings. The van der Waals surface area contributed by atoms with Crippen LogP contribution in [0.15, 0.2) is 42.5 Å². The number of hydrogen-bond donors (Lipinski definition) is 0. The zero-order valence-electron chi connectivity index (χ0n) is 15.4. The zero-order chi connectivity index (χ0) is 18.1. The molecule has 2 aromatic carbocycles. The van der Waals surface area contributed by atoms with E-state index in [4.69, 9.17) is 11.6 Å². The van der Waals surface area contributed by atoms with Crippen molar-refractivity contribution in [2.75, 3.05) is 13.6 Å². The quantitative estimate of drug-likeness (QED) is 0.723. The van der Waals surface area contributed by atoms with E-state index in [0.717, 1.165) is 17.0 Å². The second-order valence-electron chi connectivity index (χ2n) is 7.58. The molecule has 1 aliphatic rings. The van der Waals surface area contributed by atoms with Crippen LogP contribution in [-0.4, -0.2) is 24.4 Å². The van der Waals surface area contributed by atoms with E-state index in [0.29, 0.717) is 12.5 Å². The molecule has 0 spiro atoms. The van der Waals surface area contributed by atoms with Crippen molar-refractivity contribution in [3.05, 3.63) is 69.7 Å². The van der Waals surface area contributed by atoms with Gasteiger partial charge in [-0.3, -0.25) is 4.79 Å². The van der Waals surface area contributed by atoms with Gasteiger partial charge in [0.1, 0.15) is 0 Å². The summed E-state index contributed by atoms with van der Waals surface area (Å²) in [5.74, 6) is 0.738. The maximum Gasteiger partial charge on any atom is 0.229 e. The Morgan fingerprint density at radius 2 is 1.84 bits per heavy atom. The van der Waals surface area contributed by atoms with Gasteiger partial charge in [0, 0.05) is 24.5 Å². The standard InChI is InChI=1S/C22H26ClNO/c1-14(2)11-20-18-10-9-16(23)12-19(18)21(13-24(4)22(20)25)17-8-6-5-7-15(17)3/h5-10,12,14,20-21H,11,13H2,1-4H3. The van der Waals surface area contributed by atoms with Gasteiger partial charge in [-0.15, -0.1) is 0 Å². The van der Waals surface area contributed by atoms with E-state index < -0.39 is 0 Å². The van der Waals surface area contributed by atoms with E-state index in [1.807, 2.05) is 18.0 Å². The van der Waals surface area contributed by atoms with Crippen LogP contribution in [0.2, 0.25) is 5.02 Å². The van der Waals surface area contributed by atoms with Crippen molar-refractivity contribution in [2.45, 2.75) is 39.0 Å². The van der Waals surface area contributed by atoms with Crippen LogP contribution in [0.4, 0.5) is 0 Å². The highest BCUT2D eigenvalue weighted by molar-refractivity contribution is 6.30. The highest BCUT2D eigenvalue weighted by Gasteiger charge is 2.34. The first-order valence-corrected chi connectivity index (χ1v) is 9.36. The van der Waals surface area contributed by atoms with Gasteiger partial charge < -0.3 is 4.90 Å². The monoisotopic (exact) mass is 355 g/mol. The fourth-order valence-corrected chi connectivity index (χ4v) is 4.15. The number of amides is 1. The number of likely N-dealkylation sites (N-methyl/N-ethyl adjacent to an activating group) is 1. The molecule has 1 aliphatic heterocycles. The minimum Gasteiger partial charge on any atom is -0.344 e. The van der Waals surface area contributed by atoms with Gasteiger partial charge in [-0.1, -0.05) is 55.8 Å². The predicted octanol–water partition coefficient (Wildman–Crippen LogP) is 5.38. The molecule has 3 heteroatoms. The maximum atomic E-state index is 13.1. The minimum atomic E-state index is -0.0914. The largest absolute Gasteiger partial charge is 0.344 e. The van der Waals surface area contributed by atoms with Crippen molar-refractivity contribution in [3.8, 4) is 0 Å². The molecule has 0 aliphatic carbocycles. The Labute approximate surface area is 155 Å². The zero-order valence-corrected chi connectivity index (χ0v) is 16.2. The van der Waals surface area contributed by atoms with E-state index in [1.165, 1.54) is 16.7 Å². The first-order valence-electron chi connectivity index (χ1n) is 8.98. The Bertz CT molecular complexity index is 783. The molecule has 0 saturated heterocycles. The number of carbonyl (C=O) groups excluding carboxylic acids is 1. The van der Waals surface area contributed by atoms with Crippen LogP contribution in [0.5, 0.6) is 0 Å². The van der Waals surface area contributed by atoms with Gasteiger partial charge in [0.15, 0.2) is 0 Å². The van der Waals surface area contributed by atoms with Crippen LogP contribution in [-0.2, 0) is 4.79 Å². The summed E-state index contributed by atoms with van der Waals surface area (Å²) >= 11 is 6.35. The third kappa shape index (κ3) is 3.59. The van der Waals surface area contributed by atoms with Crippen molar-refractivity contribution < 1.29 is 4.79 Å². The summed E-state index contributed by atoms with van der Waals surface area (Å²) in [5.41, 5.74) is 4.86. The van der Waals surface area contributed by atoms with Gasteiger partial charge in [-0.05, 0) is 53.6 Å². The Morgan fingerprint density at radius 1 is 1.12 bits per heavy atom. The molecule has 0 N–H and O–H groups in total. The molecular weight excluding hydrogens is 330 g/mol. The van der Waals surface area contributed by atoms with Gasteiger partial charge >= 0.3 is 0 Å². The predicted molar refractivity (Wildman–Crippen MR) is 104 cm³/mol. The van der Waals surface area contributed by atoms with E-state index in [-0.39, 0.29) is 17.7 Å². The van der Waals surface area contributed by atoms with Crippen molar-refractivity contribution in [1.29, 1.82) is 0 Å². The lowest BCUT2D eigenvalue weighted by Gasteiger charge is -2.24. The third-order valence-corrected chi connectivity index (χ3v) is 5.44. The Kier molecular flexibility index (Phi) is 5.19. The summed E-state index contributed by atoms with van der Waals surface area (Å²) in [6.07, 6.45) is 0.859. The Balaban J connectivity index is 2.19. The number of rotatable bonds is 3. The number of nitrogens with zero attached hydrogens (tertiary/aromatic N) is 1. The van der Waals surface area contributed by atoms with Crippen LogP contribution in [0.3, 0.4) is 0 Å². The molecule has 1 amide bonds. The van der Waals surface area contributed by atoms with Crippen molar-refractivity contribution in [1.82, 2.24) is 4.90 Å². The van der Waals surface area contributed by atoms with Gasteiger partial charge in [0.25, 0.3) is 0 Å². The van der Waals surface area contributed by atoms with Crippen LogP contribution >= 0.6 is 11.6 Å². The normalized spacial score (nSPS) is 20.6. The molecule has 25 heavy (non-hydrogen) atoms. The first kappa shape index (κ1) is 18.0. The molecule has 0 fully saturated rings. The van der Waals surface area contributed by atoms with E-state index in [1.54, 1.807) is 0 Å². The lowest BCUT2D eigenvalue weighted by atomic mass is 9.81. The summed E-state index contributed by atoms with van der Waals surface area (Å²) in [6.45, 7) is 7.17. The van der Waals surface area contributed by atoms with Crippen LogP contribution in [0, 0.1) is 12.8 Å². The topological polar surface area (TPSA) is 20.3 Å². The summed E-state index contributed by atoms with van der Waals surface area (Å²) < 4.78 is 0. The molecule has 0 aromatic heterocycles. The lowest BCUT2D eigenvalue weighted by Crippen LogP contribution is -2.32. The SMILES string of the molecule is Cc1ccccc1C1CN(C)C(=O)C(CC(C)C)c2ccc(Cl)cc21. The highest BCUT2D eigenvalue weighted by Crippen LogP contribution is 2.40. The summed E-state index contributed by atoms with van der Waals surface area (Å²) in [4.78, 5) is 15.0. The fraction of sp³-hybridized carbons (Fsp3) is 0.409. The Morgan fingerprint density at radius 3 is 2.52 bits per heavy atom. The number of halogens is 1. The van der Waals surface area contributed by atoms with Gasteiger partial charge in [-0.25, -0.2) is 0 Å². The van der Waals surface area contributed by atoms with Gasteiger partial charge in [-0.2, -0.15) is 0 Å². The molecule has 0 radical (unpaired) electrons. The summed E-state index contributed by atoms with van der Waals surface area (Å²) in [7, 11) is 1.93. The summed E-state index contributed by atoms with van der Waals surface area (Å²) in [6, 6.07) is 14.5. The molecule has 1 heterocycles. The average Bonchev–Trinajstić information content (AvgIpc) is 2.66. The van der Waals surface area contributed by atoms with Crippen LogP contribution in [0.25, 0.3) is 0 Å². The second-order valence-corrected chi connectivity index (χ2v) is 8.02. The smallest absolute Gasteiger partial charge is 0.229 e.